The largest absolute Gasteiger partial charge is 0.488 e. The van der Waals surface area contributed by atoms with Gasteiger partial charge in [-0.25, -0.2) is 4.39 Å². The molecule has 0 saturated carbocycles. The van der Waals surface area contributed by atoms with Gasteiger partial charge in [0.05, 0.1) is 4.47 Å². The zero-order valence-electron chi connectivity index (χ0n) is 8.02. The molecule has 0 spiro atoms. The highest BCUT2D eigenvalue weighted by Crippen LogP contribution is 2.25. The Morgan fingerprint density at radius 2 is 2.29 bits per heavy atom. The first-order valence-electron chi connectivity index (χ1n) is 4.38. The maximum absolute atomic E-state index is 12.7. The highest BCUT2D eigenvalue weighted by atomic mass is 79.9. The number of hydrogen-bond acceptors (Lipinski definition) is 1. The van der Waals surface area contributed by atoms with E-state index in [-0.39, 0.29) is 5.82 Å². The van der Waals surface area contributed by atoms with E-state index in [9.17, 15) is 4.39 Å². The Bertz CT molecular complexity index is 336. The molecule has 0 saturated heterocycles. The minimum Gasteiger partial charge on any atom is -0.488 e. The summed E-state index contributed by atoms with van der Waals surface area (Å²) in [4.78, 5) is 0. The van der Waals surface area contributed by atoms with Crippen LogP contribution in [-0.2, 0) is 0 Å². The van der Waals surface area contributed by atoms with Crippen LogP contribution >= 0.6 is 15.9 Å². The number of hydrogen-bond donors (Lipinski definition) is 0. The summed E-state index contributed by atoms with van der Waals surface area (Å²) in [7, 11) is 0. The summed E-state index contributed by atoms with van der Waals surface area (Å²) in [6, 6.07) is 4.35. The molecule has 76 valence electrons. The molecule has 0 aromatic heterocycles. The first kappa shape index (κ1) is 11.2. The summed E-state index contributed by atoms with van der Waals surface area (Å²) < 4.78 is 18.8. The Balaban J connectivity index is 2.63. The van der Waals surface area contributed by atoms with Crippen molar-refractivity contribution < 1.29 is 9.13 Å². The third-order valence-electron chi connectivity index (χ3n) is 1.83. The highest BCUT2D eigenvalue weighted by molar-refractivity contribution is 9.10. The van der Waals surface area contributed by atoms with Gasteiger partial charge >= 0.3 is 0 Å². The Kier molecular flexibility index (Phi) is 4.14. The van der Waals surface area contributed by atoms with Crippen LogP contribution in [0.4, 0.5) is 4.39 Å². The zero-order chi connectivity index (χ0) is 10.6. The highest BCUT2D eigenvalue weighted by Gasteiger charge is 2.02. The maximum atomic E-state index is 12.7. The Morgan fingerprint density at radius 3 is 2.86 bits per heavy atom. The van der Waals surface area contributed by atoms with E-state index in [2.05, 4.69) is 22.5 Å². The van der Waals surface area contributed by atoms with Crippen molar-refractivity contribution in [3.8, 4) is 5.75 Å². The molecule has 0 aliphatic rings. The molecule has 0 N–H and O–H groups in total. The standard InChI is InChI=1S/C11H12BrFO/c1-3-8(2)7-14-11-5-4-9(13)6-10(11)12/h4-6H,2-3,7H2,1H3. The quantitative estimate of drug-likeness (QED) is 0.744. The van der Waals surface area contributed by atoms with E-state index in [0.29, 0.717) is 16.8 Å². The Morgan fingerprint density at radius 1 is 1.57 bits per heavy atom. The predicted octanol–water partition coefficient (Wildman–Crippen LogP) is 3.93. The lowest BCUT2D eigenvalue weighted by Gasteiger charge is -2.08. The summed E-state index contributed by atoms with van der Waals surface area (Å²) in [5.74, 6) is 0.361. The van der Waals surface area contributed by atoms with Gasteiger partial charge in [0.25, 0.3) is 0 Å². The van der Waals surface area contributed by atoms with Crippen LogP contribution in [0.15, 0.2) is 34.8 Å². The van der Waals surface area contributed by atoms with E-state index in [1.54, 1.807) is 6.07 Å². The van der Waals surface area contributed by atoms with Crippen LogP contribution < -0.4 is 4.74 Å². The molecule has 3 heteroatoms. The van der Waals surface area contributed by atoms with E-state index in [1.807, 2.05) is 6.92 Å². The van der Waals surface area contributed by atoms with Gasteiger partial charge < -0.3 is 4.74 Å². The lowest BCUT2D eigenvalue weighted by Crippen LogP contribution is -2.00. The lowest BCUT2D eigenvalue weighted by molar-refractivity contribution is 0.346. The van der Waals surface area contributed by atoms with E-state index in [4.69, 9.17) is 4.74 Å². The van der Waals surface area contributed by atoms with Crippen molar-refractivity contribution in [1.29, 1.82) is 0 Å². The van der Waals surface area contributed by atoms with Crippen molar-refractivity contribution in [2.45, 2.75) is 13.3 Å². The van der Waals surface area contributed by atoms with Crippen molar-refractivity contribution >= 4 is 15.9 Å². The maximum Gasteiger partial charge on any atom is 0.134 e. The van der Waals surface area contributed by atoms with Crippen LogP contribution in [0.3, 0.4) is 0 Å². The molecule has 14 heavy (non-hydrogen) atoms. The van der Waals surface area contributed by atoms with Crippen LogP contribution in [0.5, 0.6) is 5.75 Å². The fourth-order valence-corrected chi connectivity index (χ4v) is 1.34. The van der Waals surface area contributed by atoms with E-state index in [1.165, 1.54) is 12.1 Å². The Hall–Kier alpha value is -0.830. The first-order chi connectivity index (χ1) is 6.63. The van der Waals surface area contributed by atoms with Crippen molar-refractivity contribution in [3.05, 3.63) is 40.6 Å². The Labute approximate surface area is 91.7 Å². The molecule has 0 aliphatic carbocycles. The molecule has 1 aromatic rings. The third kappa shape index (κ3) is 3.14. The smallest absolute Gasteiger partial charge is 0.134 e. The minimum atomic E-state index is -0.279. The molecule has 1 rings (SSSR count). The number of ether oxygens (including phenoxy) is 1. The number of halogens is 2. The van der Waals surface area contributed by atoms with Gasteiger partial charge in [-0.2, -0.15) is 0 Å². The van der Waals surface area contributed by atoms with Crippen molar-refractivity contribution in [3.63, 3.8) is 0 Å². The van der Waals surface area contributed by atoms with Crippen molar-refractivity contribution in [2.75, 3.05) is 6.61 Å². The van der Waals surface area contributed by atoms with Gasteiger partial charge in [0.2, 0.25) is 0 Å². The second kappa shape index (κ2) is 5.15. The minimum absolute atomic E-state index is 0.279. The van der Waals surface area contributed by atoms with Crippen LogP contribution in [0.25, 0.3) is 0 Å². The average Bonchev–Trinajstić information content (AvgIpc) is 2.16. The van der Waals surface area contributed by atoms with Gasteiger partial charge in [0.1, 0.15) is 18.2 Å². The summed E-state index contributed by atoms with van der Waals surface area (Å²) in [5, 5.41) is 0. The van der Waals surface area contributed by atoms with Gasteiger partial charge in [-0.1, -0.05) is 13.5 Å². The van der Waals surface area contributed by atoms with Gasteiger partial charge in [-0.3, -0.25) is 0 Å². The molecule has 1 aromatic carbocycles. The molecular weight excluding hydrogens is 247 g/mol. The molecule has 1 nitrogen and oxygen atoms in total. The van der Waals surface area contributed by atoms with Crippen LogP contribution in [-0.4, -0.2) is 6.61 Å². The number of benzene rings is 1. The molecule has 0 fully saturated rings. The summed E-state index contributed by atoms with van der Waals surface area (Å²) in [6.07, 6.45) is 0.888. The fourth-order valence-electron chi connectivity index (χ4n) is 0.874. The molecular formula is C11H12BrFO. The van der Waals surface area contributed by atoms with Crippen molar-refractivity contribution in [2.24, 2.45) is 0 Å². The van der Waals surface area contributed by atoms with Gasteiger partial charge in [0.15, 0.2) is 0 Å². The lowest BCUT2D eigenvalue weighted by atomic mass is 10.2. The molecule has 0 bridgehead atoms. The van der Waals surface area contributed by atoms with Gasteiger partial charge in [-0.05, 0) is 46.1 Å². The summed E-state index contributed by atoms with van der Waals surface area (Å²) in [5.41, 5.74) is 1.02. The second-order valence-corrected chi connectivity index (χ2v) is 3.82. The molecule has 0 atom stereocenters. The molecule has 0 unspecified atom stereocenters. The van der Waals surface area contributed by atoms with Gasteiger partial charge in [0, 0.05) is 0 Å². The van der Waals surface area contributed by atoms with E-state index < -0.39 is 0 Å². The molecule has 0 radical (unpaired) electrons. The normalized spacial score (nSPS) is 9.93. The van der Waals surface area contributed by atoms with Crippen LogP contribution in [0.1, 0.15) is 13.3 Å². The van der Waals surface area contributed by atoms with E-state index in [0.717, 1.165) is 12.0 Å². The van der Waals surface area contributed by atoms with Gasteiger partial charge in [-0.15, -0.1) is 0 Å². The van der Waals surface area contributed by atoms with E-state index >= 15 is 0 Å². The van der Waals surface area contributed by atoms with Crippen molar-refractivity contribution in [1.82, 2.24) is 0 Å². The topological polar surface area (TPSA) is 9.23 Å². The predicted molar refractivity (Wildman–Crippen MR) is 59.0 cm³/mol. The SMILES string of the molecule is C=C(CC)COc1ccc(F)cc1Br. The first-order valence-corrected chi connectivity index (χ1v) is 5.17. The summed E-state index contributed by atoms with van der Waals surface area (Å²) >= 11 is 3.22. The zero-order valence-corrected chi connectivity index (χ0v) is 9.60. The fraction of sp³-hybridized carbons (Fsp3) is 0.273. The molecule has 0 heterocycles. The second-order valence-electron chi connectivity index (χ2n) is 2.97. The molecule has 0 aliphatic heterocycles. The number of rotatable bonds is 4. The summed E-state index contributed by atoms with van der Waals surface area (Å²) in [6.45, 7) is 6.31. The van der Waals surface area contributed by atoms with Crippen LogP contribution in [0, 0.1) is 5.82 Å². The van der Waals surface area contributed by atoms with Crippen LogP contribution in [0.2, 0.25) is 0 Å². The monoisotopic (exact) mass is 258 g/mol. The molecule has 0 amide bonds. The average molecular weight is 259 g/mol. The third-order valence-corrected chi connectivity index (χ3v) is 2.45.